The summed E-state index contributed by atoms with van der Waals surface area (Å²) in [5.74, 6) is -0.441. The van der Waals surface area contributed by atoms with Gasteiger partial charge in [-0.2, -0.15) is 5.10 Å². The lowest BCUT2D eigenvalue weighted by molar-refractivity contribution is -0.914. The molecule has 3 aromatic rings. The summed E-state index contributed by atoms with van der Waals surface area (Å²) in [5.41, 5.74) is 4.12. The van der Waals surface area contributed by atoms with E-state index < -0.39 is 0 Å². The Hall–Kier alpha value is -2.73. The summed E-state index contributed by atoms with van der Waals surface area (Å²) in [4.78, 5) is 3.77. The van der Waals surface area contributed by atoms with Gasteiger partial charge in [-0.15, -0.1) is 0 Å². The Kier molecular flexibility index (Phi) is 4.67. The zero-order valence-corrected chi connectivity index (χ0v) is 14.4. The van der Waals surface area contributed by atoms with Gasteiger partial charge in [-0.05, 0) is 48.5 Å². The van der Waals surface area contributed by atoms with Crippen molar-refractivity contribution in [2.75, 3.05) is 31.1 Å². The van der Waals surface area contributed by atoms with Crippen LogP contribution in [0.5, 0.6) is 0 Å². The number of hydrogen-bond acceptors (Lipinski definition) is 2. The van der Waals surface area contributed by atoms with Gasteiger partial charge in [-0.25, -0.2) is 8.78 Å². The third kappa shape index (κ3) is 3.60. The monoisotopic (exact) mass is 355 g/mol. The van der Waals surface area contributed by atoms with Crippen molar-refractivity contribution in [3.63, 3.8) is 0 Å². The molecule has 0 saturated carbocycles. The molecule has 2 N–H and O–H groups in total. The standard InChI is InChI=1S/C20H20F2N4/c21-17-3-1-15(2-4-17)20-16(13-23-24-20)14-25-9-11-26(12-10-25)19-7-5-18(22)6-8-19/h1-8,13H,9-12,14H2,(H,23,24)/p+1. The Bertz CT molecular complexity index is 850. The second-order valence-corrected chi connectivity index (χ2v) is 6.67. The number of nitrogens with one attached hydrogen (secondary N) is 2. The number of anilines is 1. The van der Waals surface area contributed by atoms with E-state index in [9.17, 15) is 8.78 Å². The fourth-order valence-corrected chi connectivity index (χ4v) is 3.49. The summed E-state index contributed by atoms with van der Waals surface area (Å²) in [5, 5.41) is 7.22. The minimum Gasteiger partial charge on any atom is -0.360 e. The van der Waals surface area contributed by atoms with Crippen molar-refractivity contribution in [1.82, 2.24) is 10.2 Å². The van der Waals surface area contributed by atoms with Gasteiger partial charge in [0.25, 0.3) is 0 Å². The topological polar surface area (TPSA) is 36.4 Å². The molecular formula is C20H21F2N4+. The Balaban J connectivity index is 1.40. The molecule has 1 aliphatic heterocycles. The molecule has 4 rings (SSSR count). The molecule has 1 aromatic heterocycles. The van der Waals surface area contributed by atoms with Crippen LogP contribution in [0.4, 0.5) is 14.5 Å². The third-order valence-corrected chi connectivity index (χ3v) is 4.95. The number of rotatable bonds is 4. The third-order valence-electron chi connectivity index (χ3n) is 4.95. The lowest BCUT2D eigenvalue weighted by Crippen LogP contribution is -3.13. The van der Waals surface area contributed by atoms with Gasteiger partial charge < -0.3 is 9.80 Å². The molecule has 1 aliphatic rings. The highest BCUT2D eigenvalue weighted by molar-refractivity contribution is 5.62. The first-order valence-corrected chi connectivity index (χ1v) is 8.81. The average molecular weight is 355 g/mol. The van der Waals surface area contributed by atoms with Gasteiger partial charge in [-0.1, -0.05) is 0 Å². The van der Waals surface area contributed by atoms with Gasteiger partial charge in [0.2, 0.25) is 0 Å². The van der Waals surface area contributed by atoms with Crippen LogP contribution in [-0.2, 0) is 6.54 Å². The van der Waals surface area contributed by atoms with E-state index in [2.05, 4.69) is 15.1 Å². The fraction of sp³-hybridized carbons (Fsp3) is 0.250. The number of aromatic amines is 1. The van der Waals surface area contributed by atoms with Gasteiger partial charge in [-0.3, -0.25) is 5.10 Å². The molecule has 0 aliphatic carbocycles. The molecule has 0 unspecified atom stereocenters. The molecule has 0 atom stereocenters. The number of piperazine rings is 1. The lowest BCUT2D eigenvalue weighted by atomic mass is 10.1. The van der Waals surface area contributed by atoms with E-state index in [0.29, 0.717) is 0 Å². The molecule has 0 amide bonds. The molecule has 0 spiro atoms. The highest BCUT2D eigenvalue weighted by Crippen LogP contribution is 2.21. The molecule has 26 heavy (non-hydrogen) atoms. The fourth-order valence-electron chi connectivity index (χ4n) is 3.49. The van der Waals surface area contributed by atoms with Crippen LogP contribution in [0.25, 0.3) is 11.3 Å². The van der Waals surface area contributed by atoms with Crippen LogP contribution in [-0.4, -0.2) is 36.4 Å². The maximum Gasteiger partial charge on any atom is 0.123 e. The van der Waals surface area contributed by atoms with Crippen LogP contribution >= 0.6 is 0 Å². The minimum absolute atomic E-state index is 0.203. The highest BCUT2D eigenvalue weighted by Gasteiger charge is 2.22. The first-order valence-electron chi connectivity index (χ1n) is 8.81. The summed E-state index contributed by atoms with van der Waals surface area (Å²) in [7, 11) is 0. The average Bonchev–Trinajstić information content (AvgIpc) is 3.12. The number of H-pyrrole nitrogens is 1. The smallest absolute Gasteiger partial charge is 0.123 e. The van der Waals surface area contributed by atoms with Gasteiger partial charge in [0.05, 0.1) is 43.6 Å². The zero-order chi connectivity index (χ0) is 17.9. The van der Waals surface area contributed by atoms with E-state index in [-0.39, 0.29) is 11.6 Å². The van der Waals surface area contributed by atoms with Gasteiger partial charge >= 0.3 is 0 Å². The van der Waals surface area contributed by atoms with Crippen molar-refractivity contribution in [3.8, 4) is 11.3 Å². The van der Waals surface area contributed by atoms with Crippen molar-refractivity contribution < 1.29 is 13.7 Å². The van der Waals surface area contributed by atoms with Crippen molar-refractivity contribution >= 4 is 5.69 Å². The molecule has 1 saturated heterocycles. The summed E-state index contributed by atoms with van der Waals surface area (Å²) in [6.07, 6.45) is 1.86. The van der Waals surface area contributed by atoms with E-state index >= 15 is 0 Å². The second kappa shape index (κ2) is 7.25. The number of hydrogen-bond donors (Lipinski definition) is 2. The molecule has 4 nitrogen and oxygen atoms in total. The van der Waals surface area contributed by atoms with Crippen molar-refractivity contribution in [3.05, 3.63) is 71.9 Å². The summed E-state index contributed by atoms with van der Waals surface area (Å²) < 4.78 is 26.2. The Morgan fingerprint density at radius 1 is 0.923 bits per heavy atom. The predicted molar refractivity (Wildman–Crippen MR) is 97.0 cm³/mol. The molecular weight excluding hydrogens is 334 g/mol. The number of nitrogens with zero attached hydrogens (tertiary/aromatic N) is 2. The minimum atomic E-state index is -0.239. The molecule has 134 valence electrons. The SMILES string of the molecule is Fc1ccc(-c2[nH]ncc2C[NH+]2CCN(c3ccc(F)cc3)CC2)cc1. The molecule has 6 heteroatoms. The van der Waals surface area contributed by atoms with Crippen LogP contribution in [0.1, 0.15) is 5.56 Å². The number of aromatic nitrogens is 2. The molecule has 0 bridgehead atoms. The summed E-state index contributed by atoms with van der Waals surface area (Å²) >= 11 is 0. The molecule has 2 aromatic carbocycles. The van der Waals surface area contributed by atoms with Crippen molar-refractivity contribution in [2.24, 2.45) is 0 Å². The number of halogens is 2. The largest absolute Gasteiger partial charge is 0.360 e. The Morgan fingerprint density at radius 3 is 2.19 bits per heavy atom. The van der Waals surface area contributed by atoms with E-state index in [1.54, 1.807) is 12.1 Å². The second-order valence-electron chi connectivity index (χ2n) is 6.67. The van der Waals surface area contributed by atoms with Crippen LogP contribution in [0, 0.1) is 11.6 Å². The Morgan fingerprint density at radius 2 is 1.54 bits per heavy atom. The maximum absolute atomic E-state index is 13.1. The van der Waals surface area contributed by atoms with Crippen molar-refractivity contribution in [2.45, 2.75) is 6.54 Å². The quantitative estimate of drug-likeness (QED) is 0.753. The summed E-state index contributed by atoms with van der Waals surface area (Å²) in [6.45, 7) is 4.76. The highest BCUT2D eigenvalue weighted by atomic mass is 19.1. The van der Waals surface area contributed by atoms with Crippen LogP contribution in [0.2, 0.25) is 0 Å². The summed E-state index contributed by atoms with van der Waals surface area (Å²) in [6, 6.07) is 13.2. The lowest BCUT2D eigenvalue weighted by Gasteiger charge is -2.33. The Labute approximate surface area is 151 Å². The van der Waals surface area contributed by atoms with Gasteiger partial charge in [0.15, 0.2) is 0 Å². The van der Waals surface area contributed by atoms with Crippen LogP contribution in [0.15, 0.2) is 54.7 Å². The normalized spacial score (nSPS) is 15.4. The van der Waals surface area contributed by atoms with Crippen LogP contribution < -0.4 is 9.80 Å². The maximum atomic E-state index is 13.1. The van der Waals surface area contributed by atoms with E-state index in [4.69, 9.17) is 0 Å². The van der Waals surface area contributed by atoms with Crippen molar-refractivity contribution in [1.29, 1.82) is 0 Å². The van der Waals surface area contributed by atoms with E-state index in [1.807, 2.05) is 18.3 Å². The first-order chi connectivity index (χ1) is 12.7. The van der Waals surface area contributed by atoms with Gasteiger partial charge in [0.1, 0.15) is 18.2 Å². The van der Waals surface area contributed by atoms with E-state index in [0.717, 1.165) is 55.2 Å². The number of quaternary nitrogens is 1. The molecule has 2 heterocycles. The van der Waals surface area contributed by atoms with Crippen LogP contribution in [0.3, 0.4) is 0 Å². The predicted octanol–water partition coefficient (Wildman–Crippen LogP) is 2.26. The molecule has 1 fully saturated rings. The number of benzene rings is 2. The molecule has 0 radical (unpaired) electrons. The first kappa shape index (κ1) is 16.7. The van der Waals surface area contributed by atoms with E-state index in [1.165, 1.54) is 29.2 Å². The zero-order valence-electron chi connectivity index (χ0n) is 14.4. The van der Waals surface area contributed by atoms with Gasteiger partial charge in [0, 0.05) is 11.3 Å².